The Morgan fingerprint density at radius 3 is 2.47 bits per heavy atom. The molecule has 1 rings (SSSR count). The highest BCUT2D eigenvalue weighted by molar-refractivity contribution is 4.97. The molecule has 0 aliphatic rings. The van der Waals surface area contributed by atoms with Crippen molar-refractivity contribution in [2.24, 2.45) is 12.8 Å². The van der Waals surface area contributed by atoms with E-state index in [1.165, 1.54) is 0 Å². The van der Waals surface area contributed by atoms with Crippen molar-refractivity contribution in [2.45, 2.75) is 51.7 Å². The van der Waals surface area contributed by atoms with Crippen LogP contribution in [-0.2, 0) is 18.2 Å². The van der Waals surface area contributed by atoms with Gasteiger partial charge >= 0.3 is 0 Å². The molecule has 1 unspecified atom stereocenters. The topological polar surface area (TPSA) is 66.0 Å². The summed E-state index contributed by atoms with van der Waals surface area (Å²) in [7, 11) is 1.88. The van der Waals surface area contributed by atoms with E-state index in [4.69, 9.17) is 10.5 Å². The zero-order valence-corrected chi connectivity index (χ0v) is 11.3. The maximum Gasteiger partial charge on any atom is 0.138 e. The normalized spacial score (nSPS) is 13.9. The van der Waals surface area contributed by atoms with Crippen LogP contribution in [-0.4, -0.2) is 33.0 Å². The standard InChI is InChI=1S/C12H24N4O/c1-5-12(6-2,17-7-3)10(13)8-11-14-9-15-16(11)4/h9-10H,5-8,13H2,1-4H3. The third-order valence-electron chi connectivity index (χ3n) is 3.51. The molecule has 0 saturated carbocycles. The van der Waals surface area contributed by atoms with Gasteiger partial charge in [-0.15, -0.1) is 0 Å². The first-order valence-corrected chi connectivity index (χ1v) is 6.32. The van der Waals surface area contributed by atoms with Crippen molar-refractivity contribution >= 4 is 0 Å². The molecule has 1 aromatic rings. The Kier molecular flexibility index (Phi) is 5.08. The molecular formula is C12H24N4O. The number of hydrogen-bond donors (Lipinski definition) is 1. The Balaban J connectivity index is 2.78. The molecule has 0 saturated heterocycles. The molecule has 1 heterocycles. The number of rotatable bonds is 7. The van der Waals surface area contributed by atoms with Gasteiger partial charge < -0.3 is 10.5 Å². The van der Waals surface area contributed by atoms with Gasteiger partial charge in [-0.2, -0.15) is 5.10 Å². The van der Waals surface area contributed by atoms with Gasteiger partial charge in [0, 0.05) is 26.1 Å². The van der Waals surface area contributed by atoms with Crippen LogP contribution in [0.2, 0.25) is 0 Å². The minimum Gasteiger partial charge on any atom is -0.374 e. The Morgan fingerprint density at radius 1 is 1.41 bits per heavy atom. The number of aromatic nitrogens is 3. The van der Waals surface area contributed by atoms with Crippen LogP contribution < -0.4 is 5.73 Å². The van der Waals surface area contributed by atoms with E-state index in [9.17, 15) is 0 Å². The molecular weight excluding hydrogens is 216 g/mol. The van der Waals surface area contributed by atoms with Crippen LogP contribution in [0.15, 0.2) is 6.33 Å². The lowest BCUT2D eigenvalue weighted by Gasteiger charge is -2.37. The van der Waals surface area contributed by atoms with Crippen LogP contribution in [0.25, 0.3) is 0 Å². The van der Waals surface area contributed by atoms with Crippen LogP contribution in [0, 0.1) is 0 Å². The summed E-state index contributed by atoms with van der Waals surface area (Å²) in [6.07, 6.45) is 4.08. The van der Waals surface area contributed by atoms with Crippen LogP contribution >= 0.6 is 0 Å². The predicted molar refractivity (Wildman–Crippen MR) is 67.6 cm³/mol. The fraction of sp³-hybridized carbons (Fsp3) is 0.833. The van der Waals surface area contributed by atoms with Crippen molar-refractivity contribution in [3.8, 4) is 0 Å². The maximum atomic E-state index is 6.31. The molecule has 0 aliphatic carbocycles. The lowest BCUT2D eigenvalue weighted by Crippen LogP contribution is -2.51. The molecule has 5 nitrogen and oxygen atoms in total. The first-order valence-electron chi connectivity index (χ1n) is 6.32. The van der Waals surface area contributed by atoms with Gasteiger partial charge in [-0.25, -0.2) is 4.98 Å². The lowest BCUT2D eigenvalue weighted by molar-refractivity contribution is -0.0638. The van der Waals surface area contributed by atoms with Crippen molar-refractivity contribution < 1.29 is 4.74 Å². The van der Waals surface area contributed by atoms with E-state index >= 15 is 0 Å². The summed E-state index contributed by atoms with van der Waals surface area (Å²) in [5.41, 5.74) is 6.06. The van der Waals surface area contributed by atoms with E-state index in [1.807, 2.05) is 14.0 Å². The molecule has 98 valence electrons. The van der Waals surface area contributed by atoms with Crippen LogP contribution in [0.4, 0.5) is 0 Å². The summed E-state index contributed by atoms with van der Waals surface area (Å²) in [4.78, 5) is 4.21. The molecule has 0 bridgehead atoms. The monoisotopic (exact) mass is 240 g/mol. The summed E-state index contributed by atoms with van der Waals surface area (Å²) in [5.74, 6) is 0.906. The van der Waals surface area contributed by atoms with E-state index in [1.54, 1.807) is 11.0 Å². The third kappa shape index (κ3) is 3.04. The Labute approximate surface area is 103 Å². The van der Waals surface area contributed by atoms with E-state index < -0.39 is 0 Å². The molecule has 0 amide bonds. The number of nitrogens with two attached hydrogens (primary N) is 1. The van der Waals surface area contributed by atoms with Gasteiger partial charge in [0.05, 0.1) is 5.60 Å². The second-order valence-corrected chi connectivity index (χ2v) is 4.32. The zero-order chi connectivity index (χ0) is 12.9. The quantitative estimate of drug-likeness (QED) is 0.779. The average Bonchev–Trinajstić information content (AvgIpc) is 2.72. The van der Waals surface area contributed by atoms with E-state index in [2.05, 4.69) is 23.9 Å². The van der Waals surface area contributed by atoms with Gasteiger partial charge in [0.2, 0.25) is 0 Å². The average molecular weight is 240 g/mol. The van der Waals surface area contributed by atoms with Gasteiger partial charge in [-0.1, -0.05) is 13.8 Å². The van der Waals surface area contributed by atoms with Crippen molar-refractivity contribution in [1.29, 1.82) is 0 Å². The van der Waals surface area contributed by atoms with Crippen molar-refractivity contribution in [3.05, 3.63) is 12.2 Å². The van der Waals surface area contributed by atoms with E-state index in [-0.39, 0.29) is 11.6 Å². The Bertz CT molecular complexity index is 333. The highest BCUT2D eigenvalue weighted by Gasteiger charge is 2.34. The van der Waals surface area contributed by atoms with Crippen LogP contribution in [0.1, 0.15) is 39.4 Å². The number of hydrogen-bond acceptors (Lipinski definition) is 4. The smallest absolute Gasteiger partial charge is 0.138 e. The third-order valence-corrected chi connectivity index (χ3v) is 3.51. The van der Waals surface area contributed by atoms with Crippen molar-refractivity contribution in [2.75, 3.05) is 6.61 Å². The van der Waals surface area contributed by atoms with Crippen LogP contribution in [0.5, 0.6) is 0 Å². The predicted octanol–water partition coefficient (Wildman–Crippen LogP) is 1.28. The SMILES string of the molecule is CCOC(CC)(CC)C(N)Cc1ncnn1C. The van der Waals surface area contributed by atoms with E-state index in [0.29, 0.717) is 13.0 Å². The molecule has 2 N–H and O–H groups in total. The minimum atomic E-state index is -0.249. The summed E-state index contributed by atoms with van der Waals surface area (Å²) < 4.78 is 7.66. The first kappa shape index (κ1) is 14.1. The minimum absolute atomic E-state index is 0.0552. The largest absolute Gasteiger partial charge is 0.374 e. The molecule has 1 aromatic heterocycles. The second-order valence-electron chi connectivity index (χ2n) is 4.32. The maximum absolute atomic E-state index is 6.31. The summed E-state index contributed by atoms with van der Waals surface area (Å²) in [6.45, 7) is 6.94. The van der Waals surface area contributed by atoms with E-state index in [0.717, 1.165) is 18.7 Å². The lowest BCUT2D eigenvalue weighted by atomic mass is 9.86. The summed E-state index contributed by atoms with van der Waals surface area (Å²) >= 11 is 0. The molecule has 17 heavy (non-hydrogen) atoms. The Morgan fingerprint density at radius 2 is 2.06 bits per heavy atom. The Hall–Kier alpha value is -0.940. The van der Waals surface area contributed by atoms with Gasteiger partial charge in [-0.3, -0.25) is 4.68 Å². The number of aryl methyl sites for hydroxylation is 1. The molecule has 0 aromatic carbocycles. The fourth-order valence-corrected chi connectivity index (χ4v) is 2.26. The highest BCUT2D eigenvalue weighted by atomic mass is 16.5. The molecule has 0 spiro atoms. The van der Waals surface area contributed by atoms with Crippen molar-refractivity contribution in [3.63, 3.8) is 0 Å². The van der Waals surface area contributed by atoms with Gasteiger partial charge in [0.15, 0.2) is 0 Å². The zero-order valence-electron chi connectivity index (χ0n) is 11.3. The molecule has 5 heteroatoms. The van der Waals surface area contributed by atoms with Gasteiger partial charge in [0.25, 0.3) is 0 Å². The molecule has 1 atom stereocenters. The highest BCUT2D eigenvalue weighted by Crippen LogP contribution is 2.25. The molecule has 0 radical (unpaired) electrons. The fourth-order valence-electron chi connectivity index (χ4n) is 2.26. The number of ether oxygens (including phenoxy) is 1. The van der Waals surface area contributed by atoms with Gasteiger partial charge in [0.1, 0.15) is 12.2 Å². The number of nitrogens with zero attached hydrogens (tertiary/aromatic N) is 3. The molecule has 0 aliphatic heterocycles. The molecule has 0 fully saturated rings. The summed E-state index contributed by atoms with van der Waals surface area (Å²) in [6, 6.07) is -0.0552. The second kappa shape index (κ2) is 6.12. The van der Waals surface area contributed by atoms with Gasteiger partial charge in [-0.05, 0) is 19.8 Å². The first-order chi connectivity index (χ1) is 8.09. The van der Waals surface area contributed by atoms with Crippen LogP contribution in [0.3, 0.4) is 0 Å². The van der Waals surface area contributed by atoms with Crippen molar-refractivity contribution in [1.82, 2.24) is 14.8 Å². The summed E-state index contributed by atoms with van der Waals surface area (Å²) in [5, 5.41) is 4.06.